The molecule has 0 spiro atoms. The molecular weight excluding hydrogens is 214 g/mol. The fourth-order valence-electron chi connectivity index (χ4n) is 2.05. The lowest BCUT2D eigenvalue weighted by Crippen LogP contribution is -2.24. The zero-order valence-electron chi connectivity index (χ0n) is 10.4. The number of benzene rings is 1. The van der Waals surface area contributed by atoms with Crippen LogP contribution < -0.4 is 0 Å². The number of allylic oxidation sites excluding steroid dienone is 1. The van der Waals surface area contributed by atoms with E-state index in [9.17, 15) is 0 Å². The SMILES string of the molecule is CCC1=C(C)C(OC)ON=C1c1ccccc1. The Labute approximate surface area is 102 Å². The van der Waals surface area contributed by atoms with Gasteiger partial charge in [0.2, 0.25) is 6.29 Å². The largest absolute Gasteiger partial charge is 0.358 e. The summed E-state index contributed by atoms with van der Waals surface area (Å²) in [6.45, 7) is 4.15. The molecule has 1 unspecified atom stereocenters. The molecule has 90 valence electrons. The molecule has 1 aromatic rings. The number of hydrogen-bond acceptors (Lipinski definition) is 3. The van der Waals surface area contributed by atoms with E-state index in [1.54, 1.807) is 7.11 Å². The molecule has 2 rings (SSSR count). The molecule has 1 aliphatic rings. The second-order valence-electron chi connectivity index (χ2n) is 3.99. The average Bonchev–Trinajstić information content (AvgIpc) is 2.39. The van der Waals surface area contributed by atoms with Gasteiger partial charge in [0, 0.05) is 18.2 Å². The number of rotatable bonds is 3. The van der Waals surface area contributed by atoms with Crippen molar-refractivity contribution in [1.82, 2.24) is 0 Å². The van der Waals surface area contributed by atoms with Crippen molar-refractivity contribution in [2.24, 2.45) is 5.16 Å². The van der Waals surface area contributed by atoms with Crippen LogP contribution in [0.3, 0.4) is 0 Å². The van der Waals surface area contributed by atoms with Crippen LogP contribution in [0.2, 0.25) is 0 Å². The molecule has 1 heterocycles. The normalized spacial score (nSPS) is 19.9. The zero-order valence-corrected chi connectivity index (χ0v) is 10.4. The van der Waals surface area contributed by atoms with Crippen molar-refractivity contribution >= 4 is 5.71 Å². The number of oxime groups is 1. The molecular formula is C14H17NO2. The van der Waals surface area contributed by atoms with Crippen LogP contribution in [0.5, 0.6) is 0 Å². The summed E-state index contributed by atoms with van der Waals surface area (Å²) in [5.41, 5.74) is 4.30. The van der Waals surface area contributed by atoms with E-state index in [2.05, 4.69) is 12.1 Å². The summed E-state index contributed by atoms with van der Waals surface area (Å²) in [4.78, 5) is 5.35. The lowest BCUT2D eigenvalue weighted by Gasteiger charge is -2.24. The van der Waals surface area contributed by atoms with Gasteiger partial charge >= 0.3 is 0 Å². The third-order valence-corrected chi connectivity index (χ3v) is 2.97. The Morgan fingerprint density at radius 1 is 1.29 bits per heavy atom. The molecule has 0 radical (unpaired) electrons. The van der Waals surface area contributed by atoms with Crippen LogP contribution >= 0.6 is 0 Å². The van der Waals surface area contributed by atoms with E-state index in [1.807, 2.05) is 37.3 Å². The quantitative estimate of drug-likeness (QED) is 0.800. The highest BCUT2D eigenvalue weighted by Crippen LogP contribution is 2.25. The summed E-state index contributed by atoms with van der Waals surface area (Å²) in [6, 6.07) is 10.1. The van der Waals surface area contributed by atoms with E-state index in [0.717, 1.165) is 23.3 Å². The lowest BCUT2D eigenvalue weighted by atomic mass is 9.95. The highest BCUT2D eigenvalue weighted by Gasteiger charge is 2.24. The van der Waals surface area contributed by atoms with Crippen LogP contribution in [0.4, 0.5) is 0 Å². The van der Waals surface area contributed by atoms with Crippen molar-refractivity contribution in [1.29, 1.82) is 0 Å². The van der Waals surface area contributed by atoms with Gasteiger partial charge in [0.05, 0.1) is 0 Å². The van der Waals surface area contributed by atoms with E-state index in [1.165, 1.54) is 5.57 Å². The molecule has 1 aliphatic heterocycles. The van der Waals surface area contributed by atoms with Gasteiger partial charge in [0.1, 0.15) is 5.71 Å². The van der Waals surface area contributed by atoms with E-state index < -0.39 is 0 Å². The predicted octanol–water partition coefficient (Wildman–Crippen LogP) is 3.12. The third-order valence-electron chi connectivity index (χ3n) is 2.97. The highest BCUT2D eigenvalue weighted by atomic mass is 16.8. The minimum Gasteiger partial charge on any atom is -0.358 e. The Hall–Kier alpha value is -1.61. The summed E-state index contributed by atoms with van der Waals surface area (Å²) in [7, 11) is 1.63. The van der Waals surface area contributed by atoms with Gasteiger partial charge in [-0.3, -0.25) is 0 Å². The zero-order chi connectivity index (χ0) is 12.3. The molecule has 1 aromatic carbocycles. The summed E-state index contributed by atoms with van der Waals surface area (Å²) in [6.07, 6.45) is 0.570. The van der Waals surface area contributed by atoms with Gasteiger partial charge in [-0.05, 0) is 18.9 Å². The molecule has 3 nitrogen and oxygen atoms in total. The number of hydrogen-bond donors (Lipinski definition) is 0. The predicted molar refractivity (Wildman–Crippen MR) is 67.9 cm³/mol. The summed E-state index contributed by atoms with van der Waals surface area (Å²) in [5, 5.41) is 4.19. The second-order valence-corrected chi connectivity index (χ2v) is 3.99. The smallest absolute Gasteiger partial charge is 0.249 e. The van der Waals surface area contributed by atoms with Crippen molar-refractivity contribution in [3.8, 4) is 0 Å². The summed E-state index contributed by atoms with van der Waals surface area (Å²) < 4.78 is 5.23. The topological polar surface area (TPSA) is 30.8 Å². The summed E-state index contributed by atoms with van der Waals surface area (Å²) >= 11 is 0. The van der Waals surface area contributed by atoms with Crippen LogP contribution in [0.1, 0.15) is 25.8 Å². The molecule has 17 heavy (non-hydrogen) atoms. The Kier molecular flexibility index (Phi) is 3.59. The standard InChI is InChI=1S/C14H17NO2/c1-4-12-10(2)14(16-3)17-15-13(12)11-8-6-5-7-9-11/h5-9,14H,4H2,1-3H3. The van der Waals surface area contributed by atoms with Gasteiger partial charge in [0.25, 0.3) is 0 Å². The number of methoxy groups -OCH3 is 1. The molecule has 0 aliphatic carbocycles. The molecule has 0 bridgehead atoms. The van der Waals surface area contributed by atoms with Gasteiger partial charge < -0.3 is 9.57 Å². The Morgan fingerprint density at radius 2 is 2.00 bits per heavy atom. The van der Waals surface area contributed by atoms with Crippen LogP contribution in [-0.4, -0.2) is 19.1 Å². The second kappa shape index (κ2) is 5.15. The first-order valence-electron chi connectivity index (χ1n) is 5.80. The van der Waals surface area contributed by atoms with Gasteiger partial charge in [0.15, 0.2) is 0 Å². The summed E-state index contributed by atoms with van der Waals surface area (Å²) in [5.74, 6) is 0. The van der Waals surface area contributed by atoms with Gasteiger partial charge in [-0.1, -0.05) is 42.4 Å². The van der Waals surface area contributed by atoms with Crippen LogP contribution in [0.25, 0.3) is 0 Å². The molecule has 0 amide bonds. The van der Waals surface area contributed by atoms with E-state index in [-0.39, 0.29) is 6.29 Å². The van der Waals surface area contributed by atoms with Crippen LogP contribution in [0, 0.1) is 0 Å². The van der Waals surface area contributed by atoms with E-state index in [4.69, 9.17) is 9.57 Å². The first-order valence-corrected chi connectivity index (χ1v) is 5.80. The maximum Gasteiger partial charge on any atom is 0.249 e. The Bertz CT molecular complexity index is 449. The van der Waals surface area contributed by atoms with Crippen molar-refractivity contribution in [2.75, 3.05) is 7.11 Å². The fourth-order valence-corrected chi connectivity index (χ4v) is 2.05. The molecule has 0 fully saturated rings. The molecule has 1 atom stereocenters. The minimum atomic E-state index is -0.350. The fraction of sp³-hybridized carbons (Fsp3) is 0.357. The lowest BCUT2D eigenvalue weighted by molar-refractivity contribution is -0.0999. The van der Waals surface area contributed by atoms with E-state index >= 15 is 0 Å². The van der Waals surface area contributed by atoms with Crippen molar-refractivity contribution in [3.63, 3.8) is 0 Å². The highest BCUT2D eigenvalue weighted by molar-refractivity contribution is 6.13. The van der Waals surface area contributed by atoms with E-state index in [0.29, 0.717) is 0 Å². The van der Waals surface area contributed by atoms with Gasteiger partial charge in [-0.2, -0.15) is 0 Å². The van der Waals surface area contributed by atoms with Crippen molar-refractivity contribution < 1.29 is 9.57 Å². The van der Waals surface area contributed by atoms with Crippen molar-refractivity contribution in [2.45, 2.75) is 26.6 Å². The number of ether oxygens (including phenoxy) is 1. The maximum absolute atomic E-state index is 5.35. The minimum absolute atomic E-state index is 0.350. The Balaban J connectivity index is 2.40. The van der Waals surface area contributed by atoms with Crippen LogP contribution in [-0.2, 0) is 9.57 Å². The molecule has 0 saturated carbocycles. The molecule has 0 saturated heterocycles. The first kappa shape index (κ1) is 11.9. The van der Waals surface area contributed by atoms with Crippen molar-refractivity contribution in [3.05, 3.63) is 47.0 Å². The molecule has 0 N–H and O–H groups in total. The average molecular weight is 231 g/mol. The Morgan fingerprint density at radius 3 is 2.59 bits per heavy atom. The third kappa shape index (κ3) is 2.24. The first-order chi connectivity index (χ1) is 8.27. The van der Waals surface area contributed by atoms with Crippen LogP contribution in [0.15, 0.2) is 46.6 Å². The van der Waals surface area contributed by atoms with Gasteiger partial charge in [-0.15, -0.1) is 0 Å². The monoisotopic (exact) mass is 231 g/mol. The number of nitrogens with zero attached hydrogens (tertiary/aromatic N) is 1. The van der Waals surface area contributed by atoms with Gasteiger partial charge in [-0.25, -0.2) is 0 Å². The molecule has 0 aromatic heterocycles. The maximum atomic E-state index is 5.35. The molecule has 3 heteroatoms.